The van der Waals surface area contributed by atoms with Gasteiger partial charge in [-0.1, -0.05) is 38.4 Å². The lowest BCUT2D eigenvalue weighted by Gasteiger charge is -2.23. The lowest BCUT2D eigenvalue weighted by Crippen LogP contribution is -2.10. The summed E-state index contributed by atoms with van der Waals surface area (Å²) in [6, 6.07) is 0. The van der Waals surface area contributed by atoms with Gasteiger partial charge in [0, 0.05) is 0 Å². The van der Waals surface area contributed by atoms with Crippen molar-refractivity contribution in [3.05, 3.63) is 22.5 Å². The summed E-state index contributed by atoms with van der Waals surface area (Å²) in [6.07, 6.45) is 0. The number of rotatable bonds is 1. The summed E-state index contributed by atoms with van der Waals surface area (Å²) < 4.78 is 0. The second kappa shape index (κ2) is 3.53. The molecule has 0 aromatic carbocycles. The summed E-state index contributed by atoms with van der Waals surface area (Å²) in [7, 11) is 2.07. The largest absolute Gasteiger partial charge is 0.149 e. The molecule has 0 aromatic heterocycles. The Hall–Kier alpha value is -0.105. The van der Waals surface area contributed by atoms with Crippen LogP contribution in [0.2, 0.25) is 0 Å². The monoisotopic (exact) mass is 168 g/mol. The summed E-state index contributed by atoms with van der Waals surface area (Å²) in [4.78, 5) is 1.06. The molecule has 0 saturated carbocycles. The van der Waals surface area contributed by atoms with Crippen LogP contribution in [0.1, 0.15) is 27.7 Å². The smallest absolute Gasteiger partial charge is 0.140 e. The van der Waals surface area contributed by atoms with Crippen LogP contribution in [-0.2, 0) is 0 Å². The number of thiol groups is 1. The molecular weight excluding hydrogens is 151 g/mol. The highest BCUT2D eigenvalue weighted by Crippen LogP contribution is 2.29. The van der Waals surface area contributed by atoms with Gasteiger partial charge in [-0.05, 0) is 17.2 Å². The van der Waals surface area contributed by atoms with E-state index in [0.717, 1.165) is 4.91 Å². The van der Waals surface area contributed by atoms with Crippen LogP contribution >= 0.6 is 12.6 Å². The van der Waals surface area contributed by atoms with Crippen LogP contribution in [0.4, 0.5) is 0 Å². The average molecular weight is 168 g/mol. The maximum atomic E-state index is 4.28. The van der Waals surface area contributed by atoms with E-state index in [1.54, 1.807) is 0 Å². The van der Waals surface area contributed by atoms with Gasteiger partial charge < -0.3 is 0 Å². The summed E-state index contributed by atoms with van der Waals surface area (Å²) in [5.41, 5.74) is 2.54. The molecule has 0 nitrogen and oxygen atoms in total. The Morgan fingerprint density at radius 3 is 1.82 bits per heavy atom. The predicted molar refractivity (Wildman–Crippen MR) is 58.8 cm³/mol. The standard InChI is InChI=1S/C9H17BS/c1-6(9(3,4)5)8(10)7(2)11/h11H,1,10H2,2-5H3/b8-7-. The minimum atomic E-state index is 0.161. The van der Waals surface area contributed by atoms with Gasteiger partial charge in [0.2, 0.25) is 0 Å². The van der Waals surface area contributed by atoms with E-state index in [2.05, 4.69) is 47.8 Å². The van der Waals surface area contributed by atoms with E-state index in [1.165, 1.54) is 11.0 Å². The van der Waals surface area contributed by atoms with Gasteiger partial charge in [0.1, 0.15) is 7.85 Å². The minimum Gasteiger partial charge on any atom is -0.149 e. The highest BCUT2D eigenvalue weighted by Gasteiger charge is 2.16. The van der Waals surface area contributed by atoms with Crippen molar-refractivity contribution in [2.75, 3.05) is 0 Å². The molecule has 0 N–H and O–H groups in total. The van der Waals surface area contributed by atoms with Gasteiger partial charge >= 0.3 is 0 Å². The molecule has 0 rings (SSSR count). The number of allylic oxidation sites excluding steroid dienone is 3. The summed E-state index contributed by atoms with van der Waals surface area (Å²) >= 11 is 4.28. The molecule has 0 aliphatic carbocycles. The van der Waals surface area contributed by atoms with E-state index in [9.17, 15) is 0 Å². The summed E-state index contributed by atoms with van der Waals surface area (Å²) in [6.45, 7) is 12.5. The zero-order valence-electron chi connectivity index (χ0n) is 8.15. The zero-order valence-corrected chi connectivity index (χ0v) is 9.05. The quantitative estimate of drug-likeness (QED) is 0.347. The van der Waals surface area contributed by atoms with Crippen LogP contribution in [0.3, 0.4) is 0 Å². The van der Waals surface area contributed by atoms with Gasteiger partial charge in [-0.15, -0.1) is 12.6 Å². The molecule has 0 saturated heterocycles. The second-order valence-electron chi connectivity index (χ2n) is 3.94. The van der Waals surface area contributed by atoms with Crippen molar-refractivity contribution in [2.45, 2.75) is 27.7 Å². The van der Waals surface area contributed by atoms with Gasteiger partial charge in [0.15, 0.2) is 0 Å². The zero-order chi connectivity index (χ0) is 9.23. The molecule has 0 spiro atoms. The normalized spacial score (nSPS) is 14.3. The van der Waals surface area contributed by atoms with E-state index in [0.29, 0.717) is 0 Å². The molecule has 0 aliphatic heterocycles. The Morgan fingerprint density at radius 2 is 1.73 bits per heavy atom. The Kier molecular flexibility index (Phi) is 3.50. The van der Waals surface area contributed by atoms with Crippen LogP contribution in [0.5, 0.6) is 0 Å². The Morgan fingerprint density at radius 1 is 1.36 bits per heavy atom. The molecular formula is C9H17BS. The van der Waals surface area contributed by atoms with Crippen molar-refractivity contribution < 1.29 is 0 Å². The fourth-order valence-electron chi connectivity index (χ4n) is 0.781. The Balaban J connectivity index is 4.67. The fourth-order valence-corrected chi connectivity index (χ4v) is 0.916. The highest BCUT2D eigenvalue weighted by atomic mass is 32.1. The summed E-state index contributed by atoms with van der Waals surface area (Å²) in [5.74, 6) is 0. The second-order valence-corrected chi connectivity index (χ2v) is 4.61. The maximum Gasteiger partial charge on any atom is 0.140 e. The first-order chi connectivity index (χ1) is 4.76. The molecule has 0 heterocycles. The number of hydrogen-bond acceptors (Lipinski definition) is 1. The molecule has 0 aliphatic rings. The third-order valence-electron chi connectivity index (χ3n) is 1.90. The first kappa shape index (κ1) is 10.9. The van der Waals surface area contributed by atoms with Crippen molar-refractivity contribution >= 4 is 20.5 Å². The molecule has 0 unspecified atom stereocenters. The maximum absolute atomic E-state index is 4.28. The van der Waals surface area contributed by atoms with Crippen LogP contribution in [0, 0.1) is 5.41 Å². The molecule has 0 fully saturated rings. The van der Waals surface area contributed by atoms with E-state index in [-0.39, 0.29) is 5.41 Å². The molecule has 62 valence electrons. The summed E-state index contributed by atoms with van der Waals surface area (Å²) in [5, 5.41) is 0. The lowest BCUT2D eigenvalue weighted by molar-refractivity contribution is 0.516. The van der Waals surface area contributed by atoms with Crippen LogP contribution < -0.4 is 0 Å². The topological polar surface area (TPSA) is 0 Å². The van der Waals surface area contributed by atoms with Gasteiger partial charge in [-0.3, -0.25) is 0 Å². The third kappa shape index (κ3) is 3.19. The first-order valence-electron chi connectivity index (χ1n) is 3.83. The molecule has 0 amide bonds. The SMILES string of the molecule is B/C(C(=C)C(C)(C)C)=C(/C)S. The fraction of sp³-hybridized carbons (Fsp3) is 0.556. The Bertz CT molecular complexity index is 192. The van der Waals surface area contributed by atoms with E-state index in [1.807, 2.05) is 6.92 Å². The highest BCUT2D eigenvalue weighted by molar-refractivity contribution is 7.84. The van der Waals surface area contributed by atoms with Crippen molar-refractivity contribution in [2.24, 2.45) is 5.41 Å². The van der Waals surface area contributed by atoms with Crippen molar-refractivity contribution in [3.8, 4) is 0 Å². The molecule has 11 heavy (non-hydrogen) atoms. The van der Waals surface area contributed by atoms with Crippen LogP contribution in [0.25, 0.3) is 0 Å². The van der Waals surface area contributed by atoms with Crippen molar-refractivity contribution in [3.63, 3.8) is 0 Å². The minimum absolute atomic E-state index is 0.161. The van der Waals surface area contributed by atoms with E-state index >= 15 is 0 Å². The molecule has 0 aromatic rings. The third-order valence-corrected chi connectivity index (χ3v) is 2.24. The van der Waals surface area contributed by atoms with Crippen molar-refractivity contribution in [1.82, 2.24) is 0 Å². The van der Waals surface area contributed by atoms with Crippen molar-refractivity contribution in [1.29, 1.82) is 0 Å². The first-order valence-corrected chi connectivity index (χ1v) is 4.27. The molecule has 2 heteroatoms. The number of hydrogen-bond donors (Lipinski definition) is 1. The molecule has 0 bridgehead atoms. The van der Waals surface area contributed by atoms with E-state index < -0.39 is 0 Å². The van der Waals surface area contributed by atoms with Gasteiger partial charge in [0.25, 0.3) is 0 Å². The average Bonchev–Trinajstić information content (AvgIpc) is 1.82. The van der Waals surface area contributed by atoms with Gasteiger partial charge in [0.05, 0.1) is 0 Å². The van der Waals surface area contributed by atoms with Crippen LogP contribution in [-0.4, -0.2) is 7.85 Å². The van der Waals surface area contributed by atoms with Crippen LogP contribution in [0.15, 0.2) is 22.5 Å². The van der Waals surface area contributed by atoms with E-state index in [4.69, 9.17) is 0 Å². The predicted octanol–water partition coefficient (Wildman–Crippen LogP) is 2.38. The van der Waals surface area contributed by atoms with Gasteiger partial charge in [-0.2, -0.15) is 0 Å². The molecule has 0 atom stereocenters. The lowest BCUT2D eigenvalue weighted by atomic mass is 9.75. The van der Waals surface area contributed by atoms with Gasteiger partial charge in [-0.25, -0.2) is 0 Å². The Labute approximate surface area is 76.6 Å². The molecule has 0 radical (unpaired) electrons.